The zero-order valence-corrected chi connectivity index (χ0v) is 13.5. The molecule has 118 valence electrons. The minimum absolute atomic E-state index is 0.0678. The summed E-state index contributed by atoms with van der Waals surface area (Å²) < 4.78 is 32.8. The first-order valence-corrected chi connectivity index (χ1v) is 9.57. The Morgan fingerprint density at radius 3 is 3.14 bits per heavy atom. The number of nitrogens with two attached hydrogens (primary N) is 1. The van der Waals surface area contributed by atoms with Crippen LogP contribution in [0, 0.1) is 0 Å². The van der Waals surface area contributed by atoms with Crippen LogP contribution in [0.1, 0.15) is 17.7 Å². The van der Waals surface area contributed by atoms with Gasteiger partial charge in [-0.05, 0) is 25.5 Å². The van der Waals surface area contributed by atoms with Crippen LogP contribution in [0.15, 0.2) is 16.3 Å². The molecule has 0 saturated carbocycles. The molecule has 21 heavy (non-hydrogen) atoms. The number of ether oxygens (including phenoxy) is 1. The van der Waals surface area contributed by atoms with E-state index in [0.29, 0.717) is 30.6 Å². The van der Waals surface area contributed by atoms with Crippen LogP contribution < -0.4 is 10.5 Å². The summed E-state index contributed by atoms with van der Waals surface area (Å²) in [5.74, 6) is 0. The van der Waals surface area contributed by atoms with E-state index in [9.17, 15) is 8.42 Å². The molecule has 2 atom stereocenters. The molecule has 3 heterocycles. The maximum atomic E-state index is 12.2. The number of thiophene rings is 1. The summed E-state index contributed by atoms with van der Waals surface area (Å²) in [5, 5.41) is 1.63. The summed E-state index contributed by atoms with van der Waals surface area (Å²) >= 11 is 1.37. The van der Waals surface area contributed by atoms with E-state index in [2.05, 4.69) is 9.62 Å². The van der Waals surface area contributed by atoms with Gasteiger partial charge in [0.05, 0.1) is 17.6 Å². The van der Waals surface area contributed by atoms with Gasteiger partial charge >= 0.3 is 0 Å². The van der Waals surface area contributed by atoms with Crippen molar-refractivity contribution >= 4 is 21.4 Å². The smallest absolute Gasteiger partial charge is 0.241 e. The molecular formula is C13H21N3O3S2. The molecule has 8 heteroatoms. The molecule has 3 N–H and O–H groups in total. The molecule has 1 aromatic rings. The van der Waals surface area contributed by atoms with Crippen LogP contribution in [-0.2, 0) is 21.3 Å². The Bertz CT molecular complexity index is 587. The van der Waals surface area contributed by atoms with Crippen molar-refractivity contribution in [1.82, 2.24) is 9.62 Å². The normalized spacial score (nSPS) is 26.9. The van der Waals surface area contributed by atoms with E-state index in [0.717, 1.165) is 18.0 Å². The lowest BCUT2D eigenvalue weighted by molar-refractivity contribution is -0.0449. The van der Waals surface area contributed by atoms with E-state index in [1.807, 2.05) is 0 Å². The summed E-state index contributed by atoms with van der Waals surface area (Å²) in [4.78, 5) is 3.56. The Morgan fingerprint density at radius 1 is 1.52 bits per heavy atom. The van der Waals surface area contributed by atoms with Crippen molar-refractivity contribution in [1.29, 1.82) is 0 Å². The molecule has 2 aliphatic heterocycles. The van der Waals surface area contributed by atoms with Crippen molar-refractivity contribution in [3.8, 4) is 0 Å². The average molecular weight is 331 g/mol. The SMILES string of the molecule is NCc1cc(S(=O)(=O)NCC2CN3CCCC3CO2)cs1. The molecule has 0 bridgehead atoms. The minimum atomic E-state index is -3.46. The highest BCUT2D eigenvalue weighted by Gasteiger charge is 2.32. The van der Waals surface area contributed by atoms with Gasteiger partial charge in [-0.25, -0.2) is 13.1 Å². The van der Waals surface area contributed by atoms with Gasteiger partial charge in [0.15, 0.2) is 0 Å². The molecule has 2 aliphatic rings. The van der Waals surface area contributed by atoms with Gasteiger partial charge in [-0.15, -0.1) is 11.3 Å². The van der Waals surface area contributed by atoms with E-state index < -0.39 is 10.0 Å². The second kappa shape index (κ2) is 6.31. The third-order valence-electron chi connectivity index (χ3n) is 4.10. The molecule has 2 fully saturated rings. The van der Waals surface area contributed by atoms with Crippen LogP contribution in [0.3, 0.4) is 0 Å². The zero-order valence-electron chi connectivity index (χ0n) is 11.8. The monoisotopic (exact) mass is 331 g/mol. The molecular weight excluding hydrogens is 310 g/mol. The lowest BCUT2D eigenvalue weighted by atomic mass is 10.2. The van der Waals surface area contributed by atoms with Crippen LogP contribution in [0.5, 0.6) is 0 Å². The Kier molecular flexibility index (Phi) is 4.63. The Balaban J connectivity index is 1.56. The number of sulfonamides is 1. The second-order valence-corrected chi connectivity index (χ2v) is 8.31. The molecule has 0 radical (unpaired) electrons. The number of hydrogen-bond donors (Lipinski definition) is 2. The summed E-state index contributed by atoms with van der Waals surface area (Å²) in [5.41, 5.74) is 5.52. The molecule has 2 unspecified atom stereocenters. The molecule has 6 nitrogen and oxygen atoms in total. The summed E-state index contributed by atoms with van der Waals surface area (Å²) in [6.07, 6.45) is 2.33. The quantitative estimate of drug-likeness (QED) is 0.813. The van der Waals surface area contributed by atoms with E-state index in [4.69, 9.17) is 10.5 Å². The standard InChI is InChI=1S/C13H21N3O3S2/c14-5-12-4-13(9-20-12)21(17,18)15-6-11-7-16-3-1-2-10(16)8-19-11/h4,9-11,15H,1-3,5-8,14H2. The lowest BCUT2D eigenvalue weighted by Crippen LogP contribution is -2.50. The fraction of sp³-hybridized carbons (Fsp3) is 0.692. The third-order valence-corrected chi connectivity index (χ3v) is 6.62. The second-order valence-electron chi connectivity index (χ2n) is 5.55. The zero-order chi connectivity index (χ0) is 14.9. The highest BCUT2D eigenvalue weighted by Crippen LogP contribution is 2.23. The predicted octanol–water partition coefficient (Wildman–Crippen LogP) is 0.348. The number of fused-ring (bicyclic) bond motifs is 1. The lowest BCUT2D eigenvalue weighted by Gasteiger charge is -2.35. The molecule has 0 aromatic carbocycles. The van der Waals surface area contributed by atoms with Crippen molar-refractivity contribution in [2.75, 3.05) is 26.2 Å². The van der Waals surface area contributed by atoms with Gasteiger partial charge in [0.1, 0.15) is 0 Å². The van der Waals surface area contributed by atoms with Gasteiger partial charge in [-0.1, -0.05) is 0 Å². The first kappa shape index (κ1) is 15.4. The number of rotatable bonds is 5. The summed E-state index contributed by atoms with van der Waals surface area (Å²) in [6, 6.07) is 2.16. The van der Waals surface area contributed by atoms with Crippen molar-refractivity contribution in [3.63, 3.8) is 0 Å². The first-order chi connectivity index (χ1) is 10.1. The topological polar surface area (TPSA) is 84.7 Å². The summed E-state index contributed by atoms with van der Waals surface area (Å²) in [6.45, 7) is 3.30. The van der Waals surface area contributed by atoms with E-state index in [1.54, 1.807) is 11.4 Å². The average Bonchev–Trinajstić information content (AvgIpc) is 3.13. The number of morpholine rings is 1. The number of nitrogens with zero attached hydrogens (tertiary/aromatic N) is 1. The Hall–Kier alpha value is -0.510. The minimum Gasteiger partial charge on any atom is -0.374 e. The predicted molar refractivity (Wildman–Crippen MR) is 81.7 cm³/mol. The molecule has 0 aliphatic carbocycles. The van der Waals surface area contributed by atoms with Gasteiger partial charge in [0.25, 0.3) is 0 Å². The van der Waals surface area contributed by atoms with Crippen LogP contribution in [0.2, 0.25) is 0 Å². The van der Waals surface area contributed by atoms with Crippen LogP contribution in [-0.4, -0.2) is 51.7 Å². The third kappa shape index (κ3) is 3.46. The first-order valence-electron chi connectivity index (χ1n) is 7.21. The van der Waals surface area contributed by atoms with Crippen LogP contribution in [0.4, 0.5) is 0 Å². The van der Waals surface area contributed by atoms with Crippen molar-refractivity contribution in [2.24, 2.45) is 5.73 Å². The van der Waals surface area contributed by atoms with E-state index in [-0.39, 0.29) is 6.10 Å². The molecule has 1 aromatic heterocycles. The summed E-state index contributed by atoms with van der Waals surface area (Å²) in [7, 11) is -3.46. The highest BCUT2D eigenvalue weighted by atomic mass is 32.2. The number of nitrogens with one attached hydrogen (secondary N) is 1. The van der Waals surface area contributed by atoms with Crippen molar-refractivity contribution < 1.29 is 13.2 Å². The van der Waals surface area contributed by atoms with Gasteiger partial charge < -0.3 is 10.5 Å². The van der Waals surface area contributed by atoms with Gasteiger partial charge in [0, 0.05) is 35.9 Å². The highest BCUT2D eigenvalue weighted by molar-refractivity contribution is 7.89. The fourth-order valence-corrected chi connectivity index (χ4v) is 5.13. The van der Waals surface area contributed by atoms with Crippen molar-refractivity contribution in [3.05, 3.63) is 16.3 Å². The van der Waals surface area contributed by atoms with E-state index in [1.165, 1.54) is 24.2 Å². The molecule has 3 rings (SSSR count). The fourth-order valence-electron chi connectivity index (χ4n) is 2.90. The van der Waals surface area contributed by atoms with Crippen LogP contribution in [0.25, 0.3) is 0 Å². The Morgan fingerprint density at radius 2 is 2.38 bits per heavy atom. The molecule has 0 spiro atoms. The largest absolute Gasteiger partial charge is 0.374 e. The Labute approximate surface area is 129 Å². The van der Waals surface area contributed by atoms with Gasteiger partial charge in [-0.3, -0.25) is 4.90 Å². The number of hydrogen-bond acceptors (Lipinski definition) is 6. The molecule has 0 amide bonds. The van der Waals surface area contributed by atoms with Gasteiger partial charge in [-0.2, -0.15) is 0 Å². The molecule has 2 saturated heterocycles. The maximum absolute atomic E-state index is 12.2. The maximum Gasteiger partial charge on any atom is 0.241 e. The van der Waals surface area contributed by atoms with Crippen molar-refractivity contribution in [2.45, 2.75) is 36.4 Å². The van der Waals surface area contributed by atoms with E-state index >= 15 is 0 Å². The van der Waals surface area contributed by atoms with Gasteiger partial charge in [0.2, 0.25) is 10.0 Å². The van der Waals surface area contributed by atoms with Crippen LogP contribution >= 0.6 is 11.3 Å².